The number of hydrogen-bond donors (Lipinski definition) is 1. The van der Waals surface area contributed by atoms with E-state index in [1.807, 2.05) is 42.5 Å². The highest BCUT2D eigenvalue weighted by Crippen LogP contribution is 2.24. The second kappa shape index (κ2) is 9.92. The van der Waals surface area contributed by atoms with Crippen LogP contribution in [0.2, 0.25) is 0 Å². The van der Waals surface area contributed by atoms with Crippen LogP contribution in [0.25, 0.3) is 0 Å². The Kier molecular flexibility index (Phi) is 6.60. The molecule has 0 aliphatic heterocycles. The van der Waals surface area contributed by atoms with Gasteiger partial charge in [-0.15, -0.1) is 10.2 Å². The van der Waals surface area contributed by atoms with Gasteiger partial charge in [-0.1, -0.05) is 54.2 Å². The van der Waals surface area contributed by atoms with E-state index in [0.717, 1.165) is 33.5 Å². The molecule has 0 aliphatic carbocycles. The van der Waals surface area contributed by atoms with Crippen LogP contribution in [0, 0.1) is 17.1 Å². The van der Waals surface area contributed by atoms with Gasteiger partial charge in [0.15, 0.2) is 11.0 Å². The van der Waals surface area contributed by atoms with Crippen LogP contribution in [0.1, 0.15) is 22.5 Å². The van der Waals surface area contributed by atoms with Gasteiger partial charge in [-0.25, -0.2) is 4.39 Å². The van der Waals surface area contributed by atoms with Gasteiger partial charge in [-0.2, -0.15) is 5.26 Å². The van der Waals surface area contributed by atoms with Gasteiger partial charge in [-0.05, 0) is 47.5 Å². The van der Waals surface area contributed by atoms with Crippen molar-refractivity contribution in [2.24, 2.45) is 0 Å². The first kappa shape index (κ1) is 20.6. The Bertz CT molecular complexity index is 1170. The molecule has 0 atom stereocenters. The summed E-state index contributed by atoms with van der Waals surface area (Å²) in [5.74, 6) is 1.26. The standard InChI is InChI=1S/C24H20FN5S/c25-21-10-12-22(13-11-21)27-15-23-28-29-24(30(23)16-19-4-2-1-3-5-19)31-17-20-8-6-18(14-26)7-9-20/h1-13,27H,15-17H2. The van der Waals surface area contributed by atoms with Gasteiger partial charge in [0.1, 0.15) is 5.82 Å². The molecule has 0 saturated heterocycles. The SMILES string of the molecule is N#Cc1ccc(CSc2nnc(CNc3ccc(F)cc3)n2Cc2ccccc2)cc1. The molecule has 5 nitrogen and oxygen atoms in total. The van der Waals surface area contributed by atoms with Crippen molar-refractivity contribution in [3.8, 4) is 6.07 Å². The highest BCUT2D eigenvalue weighted by atomic mass is 32.2. The van der Waals surface area contributed by atoms with Crippen LogP contribution >= 0.6 is 11.8 Å². The summed E-state index contributed by atoms with van der Waals surface area (Å²) >= 11 is 1.61. The van der Waals surface area contributed by atoms with E-state index in [2.05, 4.69) is 38.3 Å². The van der Waals surface area contributed by atoms with Gasteiger partial charge in [0, 0.05) is 11.4 Å². The number of anilines is 1. The largest absolute Gasteiger partial charge is 0.378 e. The lowest BCUT2D eigenvalue weighted by Crippen LogP contribution is -2.11. The zero-order valence-electron chi connectivity index (χ0n) is 16.7. The van der Waals surface area contributed by atoms with Crippen molar-refractivity contribution in [3.63, 3.8) is 0 Å². The number of nitriles is 1. The molecule has 3 aromatic carbocycles. The van der Waals surface area contributed by atoms with Gasteiger partial charge >= 0.3 is 0 Å². The molecule has 0 unspecified atom stereocenters. The average molecular weight is 430 g/mol. The van der Waals surface area contributed by atoms with Crippen molar-refractivity contribution in [1.29, 1.82) is 5.26 Å². The minimum absolute atomic E-state index is 0.265. The van der Waals surface area contributed by atoms with Crippen LogP contribution in [0.15, 0.2) is 84.0 Å². The number of halogens is 1. The van der Waals surface area contributed by atoms with Crippen LogP contribution < -0.4 is 5.32 Å². The third-order valence-electron chi connectivity index (χ3n) is 4.72. The second-order valence-electron chi connectivity index (χ2n) is 6.93. The highest BCUT2D eigenvalue weighted by Gasteiger charge is 2.13. The van der Waals surface area contributed by atoms with Gasteiger partial charge in [0.25, 0.3) is 0 Å². The molecule has 0 bridgehead atoms. The van der Waals surface area contributed by atoms with E-state index in [-0.39, 0.29) is 5.82 Å². The third kappa shape index (κ3) is 5.50. The Morgan fingerprint density at radius 3 is 2.35 bits per heavy atom. The molecule has 0 amide bonds. The van der Waals surface area contributed by atoms with Crippen LogP contribution in [0.5, 0.6) is 0 Å². The van der Waals surface area contributed by atoms with E-state index < -0.39 is 0 Å². The first-order valence-corrected chi connectivity index (χ1v) is 10.8. The zero-order chi connectivity index (χ0) is 21.5. The molecule has 1 heterocycles. The molecule has 0 fully saturated rings. The minimum Gasteiger partial charge on any atom is -0.378 e. The smallest absolute Gasteiger partial charge is 0.191 e. The predicted molar refractivity (Wildman–Crippen MR) is 120 cm³/mol. The molecule has 1 N–H and O–H groups in total. The minimum atomic E-state index is -0.265. The van der Waals surface area contributed by atoms with Crippen LogP contribution in [0.4, 0.5) is 10.1 Å². The fourth-order valence-electron chi connectivity index (χ4n) is 3.05. The lowest BCUT2D eigenvalue weighted by atomic mass is 10.2. The monoisotopic (exact) mass is 429 g/mol. The summed E-state index contributed by atoms with van der Waals surface area (Å²) in [5.41, 5.74) is 3.74. The molecule has 0 spiro atoms. The van der Waals surface area contributed by atoms with Crippen LogP contribution in [0.3, 0.4) is 0 Å². The van der Waals surface area contributed by atoms with Crippen molar-refractivity contribution in [3.05, 3.63) is 107 Å². The lowest BCUT2D eigenvalue weighted by molar-refractivity contribution is 0.628. The number of nitrogens with one attached hydrogen (secondary N) is 1. The van der Waals surface area contributed by atoms with E-state index in [0.29, 0.717) is 18.7 Å². The molecular formula is C24H20FN5S. The van der Waals surface area contributed by atoms with Gasteiger partial charge in [0.05, 0.1) is 24.7 Å². The maximum Gasteiger partial charge on any atom is 0.191 e. The Labute approximate surface area is 184 Å². The molecule has 0 aliphatic rings. The number of nitrogens with zero attached hydrogens (tertiary/aromatic N) is 4. The Hall–Kier alpha value is -3.63. The van der Waals surface area contributed by atoms with Crippen LogP contribution in [-0.2, 0) is 18.8 Å². The Morgan fingerprint density at radius 2 is 1.65 bits per heavy atom. The van der Waals surface area contributed by atoms with Crippen molar-refractivity contribution in [1.82, 2.24) is 14.8 Å². The molecule has 0 radical (unpaired) electrons. The Balaban J connectivity index is 1.52. The van der Waals surface area contributed by atoms with Crippen molar-refractivity contribution in [2.75, 3.05) is 5.32 Å². The van der Waals surface area contributed by atoms with E-state index in [9.17, 15) is 4.39 Å². The molecule has 7 heteroatoms. The summed E-state index contributed by atoms with van der Waals surface area (Å²) in [6.45, 7) is 1.13. The molecule has 4 aromatic rings. The molecule has 0 saturated carbocycles. The predicted octanol–water partition coefficient (Wildman–Crippen LogP) is 5.24. The Morgan fingerprint density at radius 1 is 0.903 bits per heavy atom. The normalized spacial score (nSPS) is 10.6. The van der Waals surface area contributed by atoms with Gasteiger partial charge in [0.2, 0.25) is 0 Å². The number of hydrogen-bond acceptors (Lipinski definition) is 5. The van der Waals surface area contributed by atoms with E-state index in [1.165, 1.54) is 12.1 Å². The fourth-order valence-corrected chi connectivity index (χ4v) is 3.97. The molecule has 31 heavy (non-hydrogen) atoms. The summed E-state index contributed by atoms with van der Waals surface area (Å²) in [6.07, 6.45) is 0. The zero-order valence-corrected chi connectivity index (χ0v) is 17.5. The number of thioether (sulfide) groups is 1. The van der Waals surface area contributed by atoms with Crippen LogP contribution in [-0.4, -0.2) is 14.8 Å². The molecule has 4 rings (SSSR count). The number of rotatable bonds is 8. The fraction of sp³-hybridized carbons (Fsp3) is 0.125. The third-order valence-corrected chi connectivity index (χ3v) is 5.76. The molecule has 154 valence electrons. The summed E-state index contributed by atoms with van der Waals surface area (Å²) in [6, 6.07) is 26.1. The van der Waals surface area contributed by atoms with Crippen molar-refractivity contribution < 1.29 is 4.39 Å². The molecule has 1 aromatic heterocycles. The number of benzene rings is 3. The molecular weight excluding hydrogens is 409 g/mol. The average Bonchev–Trinajstić information content (AvgIpc) is 3.19. The van der Waals surface area contributed by atoms with Gasteiger partial charge in [-0.3, -0.25) is 0 Å². The van der Waals surface area contributed by atoms with Crippen molar-refractivity contribution in [2.45, 2.75) is 24.0 Å². The summed E-state index contributed by atoms with van der Waals surface area (Å²) in [7, 11) is 0. The summed E-state index contributed by atoms with van der Waals surface area (Å²) < 4.78 is 15.3. The van der Waals surface area contributed by atoms with E-state index in [1.54, 1.807) is 23.9 Å². The first-order chi connectivity index (χ1) is 15.2. The topological polar surface area (TPSA) is 66.5 Å². The van der Waals surface area contributed by atoms with Crippen molar-refractivity contribution >= 4 is 17.4 Å². The van der Waals surface area contributed by atoms with E-state index >= 15 is 0 Å². The first-order valence-electron chi connectivity index (χ1n) is 9.78. The summed E-state index contributed by atoms with van der Waals surface area (Å²) in [5, 5.41) is 21.9. The summed E-state index contributed by atoms with van der Waals surface area (Å²) in [4.78, 5) is 0. The number of aromatic nitrogens is 3. The lowest BCUT2D eigenvalue weighted by Gasteiger charge is -2.12. The highest BCUT2D eigenvalue weighted by molar-refractivity contribution is 7.98. The maximum absolute atomic E-state index is 13.2. The maximum atomic E-state index is 13.2. The van der Waals surface area contributed by atoms with E-state index in [4.69, 9.17) is 5.26 Å². The quantitative estimate of drug-likeness (QED) is 0.388. The second-order valence-corrected chi connectivity index (χ2v) is 7.87. The van der Waals surface area contributed by atoms with Gasteiger partial charge < -0.3 is 9.88 Å².